The van der Waals surface area contributed by atoms with Crippen molar-refractivity contribution < 1.29 is 13.2 Å². The van der Waals surface area contributed by atoms with Crippen LogP contribution < -0.4 is 5.32 Å². The van der Waals surface area contributed by atoms with Crippen LogP contribution in [0, 0.1) is 6.92 Å². The molecule has 3 rings (SSSR count). The van der Waals surface area contributed by atoms with E-state index in [0.29, 0.717) is 11.4 Å². The van der Waals surface area contributed by atoms with Crippen LogP contribution in [-0.4, -0.2) is 25.1 Å². The summed E-state index contributed by atoms with van der Waals surface area (Å²) < 4.78 is 25.8. The molecule has 1 heterocycles. The highest BCUT2D eigenvalue weighted by Crippen LogP contribution is 2.25. The minimum absolute atomic E-state index is 0.261. The smallest absolute Gasteiger partial charge is 0.239 e. The molecular formula is C21H21BrN2O3S2. The van der Waals surface area contributed by atoms with Crippen molar-refractivity contribution in [2.24, 2.45) is 0 Å². The normalized spacial score (nSPS) is 11.4. The lowest BCUT2D eigenvalue weighted by molar-refractivity contribution is -0.113. The molecule has 29 heavy (non-hydrogen) atoms. The van der Waals surface area contributed by atoms with Crippen LogP contribution in [-0.2, 0) is 26.8 Å². The van der Waals surface area contributed by atoms with Gasteiger partial charge in [0, 0.05) is 21.1 Å². The zero-order valence-electron chi connectivity index (χ0n) is 16.1. The lowest BCUT2D eigenvalue weighted by Gasteiger charge is -2.09. The number of sulfone groups is 1. The molecule has 2 aromatic carbocycles. The number of aromatic nitrogens is 1. The Labute approximate surface area is 183 Å². The number of hydrogen-bond acceptors (Lipinski definition) is 5. The number of hydrogen-bond donors (Lipinski definition) is 1. The number of anilines is 1. The van der Waals surface area contributed by atoms with Crippen LogP contribution in [0.1, 0.15) is 23.7 Å². The minimum Gasteiger partial charge on any atom is -0.325 e. The van der Waals surface area contributed by atoms with Crippen LogP contribution in [0.25, 0.3) is 10.6 Å². The van der Waals surface area contributed by atoms with E-state index in [2.05, 4.69) is 33.2 Å². The Balaban J connectivity index is 1.64. The van der Waals surface area contributed by atoms with E-state index in [0.717, 1.165) is 27.0 Å². The van der Waals surface area contributed by atoms with Crippen LogP contribution in [0.4, 0.5) is 5.69 Å². The van der Waals surface area contributed by atoms with E-state index < -0.39 is 21.5 Å². The van der Waals surface area contributed by atoms with Gasteiger partial charge in [-0.05, 0) is 42.7 Å². The summed E-state index contributed by atoms with van der Waals surface area (Å²) in [7, 11) is -3.63. The number of halogens is 1. The van der Waals surface area contributed by atoms with Gasteiger partial charge < -0.3 is 5.32 Å². The third-order valence-corrected chi connectivity index (χ3v) is 7.21. The second-order valence-electron chi connectivity index (χ2n) is 6.73. The van der Waals surface area contributed by atoms with E-state index in [1.54, 1.807) is 17.5 Å². The van der Waals surface area contributed by atoms with Gasteiger partial charge in [-0.3, -0.25) is 4.79 Å². The summed E-state index contributed by atoms with van der Waals surface area (Å²) in [5.74, 6) is -1.40. The van der Waals surface area contributed by atoms with Crippen molar-refractivity contribution in [3.8, 4) is 10.6 Å². The Morgan fingerprint density at radius 3 is 2.55 bits per heavy atom. The molecular weight excluding hydrogens is 472 g/mol. The van der Waals surface area contributed by atoms with Crippen molar-refractivity contribution in [1.29, 1.82) is 0 Å². The Morgan fingerprint density at radius 1 is 1.17 bits per heavy atom. The van der Waals surface area contributed by atoms with Crippen molar-refractivity contribution >= 4 is 48.7 Å². The highest BCUT2D eigenvalue weighted by atomic mass is 79.9. The Hall–Kier alpha value is -2.03. The molecule has 5 nitrogen and oxygen atoms in total. The molecule has 0 atom stereocenters. The van der Waals surface area contributed by atoms with E-state index in [-0.39, 0.29) is 5.75 Å². The fourth-order valence-electron chi connectivity index (χ4n) is 2.82. The Bertz CT molecular complexity index is 1120. The molecule has 0 aliphatic carbocycles. The summed E-state index contributed by atoms with van der Waals surface area (Å²) in [4.78, 5) is 16.7. The molecule has 1 amide bonds. The van der Waals surface area contributed by atoms with Gasteiger partial charge >= 0.3 is 0 Å². The van der Waals surface area contributed by atoms with Crippen LogP contribution in [0.2, 0.25) is 0 Å². The largest absolute Gasteiger partial charge is 0.325 e. The summed E-state index contributed by atoms with van der Waals surface area (Å²) in [6.45, 7) is 3.94. The van der Waals surface area contributed by atoms with Gasteiger partial charge in [-0.1, -0.05) is 47.1 Å². The number of amides is 1. The summed E-state index contributed by atoms with van der Waals surface area (Å²) in [6.07, 6.45) is 0.962. The molecule has 152 valence electrons. The third kappa shape index (κ3) is 5.98. The monoisotopic (exact) mass is 492 g/mol. The van der Waals surface area contributed by atoms with Gasteiger partial charge in [0.2, 0.25) is 5.91 Å². The predicted molar refractivity (Wildman–Crippen MR) is 122 cm³/mol. The molecule has 1 aromatic heterocycles. The standard InChI is InChI=1S/C21H21BrN2O3S2/c1-3-15-4-6-16(7-5-15)21-23-18(11-28-21)12-29(26,27)13-20(25)24-19-9-8-17(22)10-14(19)2/h4-11H,3,12-13H2,1-2H3,(H,24,25). The van der Waals surface area contributed by atoms with Gasteiger partial charge in [0.15, 0.2) is 9.84 Å². The number of nitrogens with one attached hydrogen (secondary N) is 1. The van der Waals surface area contributed by atoms with Gasteiger partial charge in [-0.2, -0.15) is 0 Å². The highest BCUT2D eigenvalue weighted by Gasteiger charge is 2.20. The number of nitrogens with zero attached hydrogens (tertiary/aromatic N) is 1. The molecule has 0 radical (unpaired) electrons. The first-order valence-electron chi connectivity index (χ1n) is 9.06. The molecule has 0 aliphatic rings. The maximum atomic E-state index is 12.5. The van der Waals surface area contributed by atoms with E-state index in [4.69, 9.17) is 0 Å². The molecule has 1 N–H and O–H groups in total. The van der Waals surface area contributed by atoms with Crippen LogP contribution in [0.5, 0.6) is 0 Å². The molecule has 0 saturated carbocycles. The lowest BCUT2D eigenvalue weighted by atomic mass is 10.1. The van der Waals surface area contributed by atoms with E-state index in [1.807, 2.05) is 37.3 Å². The average molecular weight is 493 g/mol. The number of aryl methyl sites for hydroxylation is 2. The lowest BCUT2D eigenvalue weighted by Crippen LogP contribution is -2.24. The maximum absolute atomic E-state index is 12.5. The van der Waals surface area contributed by atoms with Crippen LogP contribution in [0.3, 0.4) is 0 Å². The minimum atomic E-state index is -3.63. The average Bonchev–Trinajstić information content (AvgIpc) is 3.11. The zero-order chi connectivity index (χ0) is 21.0. The third-order valence-electron chi connectivity index (χ3n) is 4.34. The maximum Gasteiger partial charge on any atom is 0.239 e. The second-order valence-corrected chi connectivity index (χ2v) is 10.6. The van der Waals surface area contributed by atoms with Crippen molar-refractivity contribution in [2.45, 2.75) is 26.0 Å². The predicted octanol–water partition coefficient (Wildman–Crippen LogP) is 5.00. The SMILES string of the molecule is CCc1ccc(-c2nc(CS(=O)(=O)CC(=O)Nc3ccc(Br)cc3C)cs2)cc1. The molecule has 0 unspecified atom stereocenters. The Morgan fingerprint density at radius 2 is 1.90 bits per heavy atom. The molecule has 0 fully saturated rings. The van der Waals surface area contributed by atoms with E-state index in [9.17, 15) is 13.2 Å². The van der Waals surface area contributed by atoms with Gasteiger partial charge in [0.25, 0.3) is 0 Å². The summed E-state index contributed by atoms with van der Waals surface area (Å²) >= 11 is 4.76. The van der Waals surface area contributed by atoms with Crippen molar-refractivity contribution in [3.05, 3.63) is 69.1 Å². The van der Waals surface area contributed by atoms with Gasteiger partial charge in [-0.25, -0.2) is 13.4 Å². The highest BCUT2D eigenvalue weighted by molar-refractivity contribution is 9.10. The van der Waals surface area contributed by atoms with E-state index in [1.165, 1.54) is 16.9 Å². The first-order valence-corrected chi connectivity index (χ1v) is 12.6. The number of carbonyl (C=O) groups excluding carboxylic acids is 1. The van der Waals surface area contributed by atoms with Crippen molar-refractivity contribution in [3.63, 3.8) is 0 Å². The fourth-order valence-corrected chi connectivity index (χ4v) is 5.40. The van der Waals surface area contributed by atoms with Gasteiger partial charge in [0.05, 0.1) is 11.4 Å². The molecule has 8 heteroatoms. The number of thiazole rings is 1. The topological polar surface area (TPSA) is 76.1 Å². The molecule has 0 saturated heterocycles. The second kappa shape index (κ2) is 9.19. The summed E-state index contributed by atoms with van der Waals surface area (Å²) in [5.41, 5.74) is 4.10. The van der Waals surface area contributed by atoms with E-state index >= 15 is 0 Å². The summed E-state index contributed by atoms with van der Waals surface area (Å²) in [5, 5.41) is 5.17. The number of carbonyl (C=O) groups is 1. The molecule has 3 aromatic rings. The van der Waals surface area contributed by atoms with Crippen molar-refractivity contribution in [2.75, 3.05) is 11.1 Å². The van der Waals surface area contributed by atoms with Gasteiger partial charge in [-0.15, -0.1) is 11.3 Å². The fraction of sp³-hybridized carbons (Fsp3) is 0.238. The van der Waals surface area contributed by atoms with Crippen LogP contribution >= 0.6 is 27.3 Å². The Kier molecular flexibility index (Phi) is 6.87. The first-order chi connectivity index (χ1) is 13.8. The first kappa shape index (κ1) is 21.7. The number of benzene rings is 2. The van der Waals surface area contributed by atoms with Gasteiger partial charge in [0.1, 0.15) is 10.8 Å². The number of rotatable bonds is 7. The summed E-state index contributed by atoms with van der Waals surface area (Å²) in [6, 6.07) is 13.5. The molecule has 0 aliphatic heterocycles. The quantitative estimate of drug-likeness (QED) is 0.503. The zero-order valence-corrected chi connectivity index (χ0v) is 19.3. The molecule has 0 spiro atoms. The van der Waals surface area contributed by atoms with Crippen molar-refractivity contribution in [1.82, 2.24) is 4.98 Å². The van der Waals surface area contributed by atoms with Crippen LogP contribution in [0.15, 0.2) is 52.3 Å². The molecule has 0 bridgehead atoms.